The highest BCUT2D eigenvalue weighted by molar-refractivity contribution is 7.71. The number of hydrogen-bond acceptors (Lipinski definition) is 3. The summed E-state index contributed by atoms with van der Waals surface area (Å²) >= 11 is 4.98. The van der Waals surface area contributed by atoms with Crippen LogP contribution in [-0.2, 0) is 4.79 Å². The second-order valence-electron chi connectivity index (χ2n) is 5.17. The molecule has 0 spiro atoms. The van der Waals surface area contributed by atoms with Crippen molar-refractivity contribution in [1.29, 1.82) is 0 Å². The van der Waals surface area contributed by atoms with Crippen LogP contribution in [0.15, 0.2) is 36.4 Å². The average molecular weight is 344 g/mol. The van der Waals surface area contributed by atoms with Crippen molar-refractivity contribution >= 4 is 46.4 Å². The molecule has 2 amide bonds. The monoisotopic (exact) mass is 344 g/mol. The number of carbonyl (C=O) groups is 2. The molecule has 1 heterocycles. The van der Waals surface area contributed by atoms with Crippen LogP contribution in [0.25, 0.3) is 11.0 Å². The highest BCUT2D eigenvalue weighted by Crippen LogP contribution is 2.20. The van der Waals surface area contributed by atoms with E-state index in [1.807, 2.05) is 0 Å². The van der Waals surface area contributed by atoms with E-state index in [4.69, 9.17) is 12.2 Å². The fourth-order valence-corrected chi connectivity index (χ4v) is 2.54. The van der Waals surface area contributed by atoms with Crippen molar-refractivity contribution in [1.82, 2.24) is 9.97 Å². The number of anilines is 2. The summed E-state index contributed by atoms with van der Waals surface area (Å²) in [5.74, 6) is -1.20. The minimum Gasteiger partial charge on any atom is -0.331 e. The number of fused-ring (bicyclic) bond motifs is 1. The summed E-state index contributed by atoms with van der Waals surface area (Å²) < 4.78 is 14.0. The molecule has 0 unspecified atom stereocenters. The van der Waals surface area contributed by atoms with E-state index in [-0.39, 0.29) is 11.5 Å². The lowest BCUT2D eigenvalue weighted by molar-refractivity contribution is -0.114. The molecule has 6 nitrogen and oxygen atoms in total. The van der Waals surface area contributed by atoms with Crippen LogP contribution >= 0.6 is 12.2 Å². The molecule has 8 heteroatoms. The second kappa shape index (κ2) is 6.25. The number of carbonyl (C=O) groups excluding carboxylic acids is 2. The van der Waals surface area contributed by atoms with Gasteiger partial charge < -0.3 is 20.6 Å². The van der Waals surface area contributed by atoms with Crippen LogP contribution in [0, 0.1) is 10.6 Å². The van der Waals surface area contributed by atoms with E-state index in [0.29, 0.717) is 27.2 Å². The first-order valence-corrected chi connectivity index (χ1v) is 7.44. The highest BCUT2D eigenvalue weighted by Gasteiger charge is 2.14. The number of rotatable bonds is 3. The Kier molecular flexibility index (Phi) is 4.13. The molecule has 0 saturated carbocycles. The third kappa shape index (κ3) is 3.33. The molecule has 24 heavy (non-hydrogen) atoms. The van der Waals surface area contributed by atoms with Gasteiger partial charge in [-0.2, -0.15) is 0 Å². The smallest absolute Gasteiger partial charge is 0.257 e. The number of aromatic nitrogens is 2. The van der Waals surface area contributed by atoms with Gasteiger partial charge in [0.15, 0.2) is 4.77 Å². The van der Waals surface area contributed by atoms with Crippen molar-refractivity contribution in [3.8, 4) is 0 Å². The van der Waals surface area contributed by atoms with Crippen molar-refractivity contribution in [3.05, 3.63) is 52.5 Å². The maximum absolute atomic E-state index is 13.7. The van der Waals surface area contributed by atoms with E-state index in [1.165, 1.54) is 13.0 Å². The molecule has 0 aliphatic carbocycles. The van der Waals surface area contributed by atoms with Crippen LogP contribution in [0.5, 0.6) is 0 Å². The summed E-state index contributed by atoms with van der Waals surface area (Å²) in [6.07, 6.45) is 0. The van der Waals surface area contributed by atoms with Gasteiger partial charge in [-0.05, 0) is 48.6 Å². The second-order valence-corrected chi connectivity index (χ2v) is 5.58. The van der Waals surface area contributed by atoms with Gasteiger partial charge in [0.05, 0.1) is 16.6 Å². The van der Waals surface area contributed by atoms with Crippen molar-refractivity contribution in [2.24, 2.45) is 0 Å². The van der Waals surface area contributed by atoms with E-state index in [2.05, 4.69) is 20.6 Å². The number of H-pyrrole nitrogens is 2. The van der Waals surface area contributed by atoms with E-state index in [9.17, 15) is 14.0 Å². The fourth-order valence-electron chi connectivity index (χ4n) is 2.32. The lowest BCUT2D eigenvalue weighted by atomic mass is 10.1. The Bertz CT molecular complexity index is 991. The molecule has 0 atom stereocenters. The van der Waals surface area contributed by atoms with Gasteiger partial charge in [-0.15, -0.1) is 0 Å². The highest BCUT2D eigenvalue weighted by atomic mass is 32.1. The summed E-state index contributed by atoms with van der Waals surface area (Å²) in [7, 11) is 0. The third-order valence-electron chi connectivity index (χ3n) is 3.30. The summed E-state index contributed by atoms with van der Waals surface area (Å²) in [5, 5.41) is 5.31. The zero-order valence-electron chi connectivity index (χ0n) is 12.6. The first-order chi connectivity index (χ1) is 11.4. The van der Waals surface area contributed by atoms with Crippen LogP contribution < -0.4 is 10.6 Å². The number of amides is 2. The molecule has 4 N–H and O–H groups in total. The number of imidazole rings is 1. The molecular formula is C16H13FN4O2S. The van der Waals surface area contributed by atoms with Gasteiger partial charge in [0, 0.05) is 18.3 Å². The molecular weight excluding hydrogens is 331 g/mol. The van der Waals surface area contributed by atoms with Crippen LogP contribution in [0.4, 0.5) is 15.8 Å². The molecule has 0 aliphatic rings. The number of halogens is 1. The van der Waals surface area contributed by atoms with Gasteiger partial charge in [-0.3, -0.25) is 9.59 Å². The van der Waals surface area contributed by atoms with Crippen LogP contribution in [0.3, 0.4) is 0 Å². The van der Waals surface area contributed by atoms with Crippen LogP contribution in [-0.4, -0.2) is 21.8 Å². The van der Waals surface area contributed by atoms with Crippen molar-refractivity contribution < 1.29 is 14.0 Å². The van der Waals surface area contributed by atoms with Gasteiger partial charge >= 0.3 is 0 Å². The third-order valence-corrected chi connectivity index (χ3v) is 3.50. The molecule has 1 aromatic heterocycles. The largest absolute Gasteiger partial charge is 0.331 e. The summed E-state index contributed by atoms with van der Waals surface area (Å²) in [4.78, 5) is 29.0. The molecule has 0 fully saturated rings. The number of aromatic amines is 2. The van der Waals surface area contributed by atoms with Gasteiger partial charge in [0.25, 0.3) is 5.91 Å². The van der Waals surface area contributed by atoms with E-state index in [0.717, 1.165) is 6.07 Å². The van der Waals surface area contributed by atoms with Crippen molar-refractivity contribution in [2.45, 2.75) is 6.92 Å². The number of hydrogen-bond donors (Lipinski definition) is 4. The normalized spacial score (nSPS) is 10.6. The van der Waals surface area contributed by atoms with Crippen LogP contribution in [0.2, 0.25) is 0 Å². The Labute approximate surface area is 141 Å². The topological polar surface area (TPSA) is 89.8 Å². The Morgan fingerprint density at radius 3 is 2.29 bits per heavy atom. The van der Waals surface area contributed by atoms with E-state index in [1.54, 1.807) is 24.3 Å². The Hall–Kier alpha value is -3.00. The lowest BCUT2D eigenvalue weighted by Crippen LogP contribution is -2.13. The van der Waals surface area contributed by atoms with Crippen molar-refractivity contribution in [2.75, 3.05) is 10.6 Å². The van der Waals surface area contributed by atoms with Crippen LogP contribution in [0.1, 0.15) is 17.3 Å². The zero-order valence-corrected chi connectivity index (χ0v) is 13.4. The summed E-state index contributed by atoms with van der Waals surface area (Å²) in [6, 6.07) is 8.99. The zero-order chi connectivity index (χ0) is 17.3. The van der Waals surface area contributed by atoms with Gasteiger partial charge in [-0.1, -0.05) is 0 Å². The minimum absolute atomic E-state index is 0.142. The van der Waals surface area contributed by atoms with E-state index >= 15 is 0 Å². The lowest BCUT2D eigenvalue weighted by Gasteiger charge is -2.08. The fraction of sp³-hybridized carbons (Fsp3) is 0.0625. The first kappa shape index (κ1) is 15.9. The maximum atomic E-state index is 13.7. The van der Waals surface area contributed by atoms with Gasteiger partial charge in [-0.25, -0.2) is 4.39 Å². The summed E-state index contributed by atoms with van der Waals surface area (Å²) in [6.45, 7) is 1.41. The number of benzene rings is 2. The average Bonchev–Trinajstić information content (AvgIpc) is 2.87. The molecule has 0 saturated heterocycles. The van der Waals surface area contributed by atoms with Gasteiger partial charge in [0.2, 0.25) is 5.91 Å². The predicted molar refractivity (Wildman–Crippen MR) is 92.1 cm³/mol. The van der Waals surface area contributed by atoms with Gasteiger partial charge in [0.1, 0.15) is 5.82 Å². The van der Waals surface area contributed by atoms with Crippen molar-refractivity contribution in [3.63, 3.8) is 0 Å². The number of nitrogens with one attached hydrogen (secondary N) is 4. The quantitative estimate of drug-likeness (QED) is 0.548. The maximum Gasteiger partial charge on any atom is 0.257 e. The molecule has 122 valence electrons. The Balaban J connectivity index is 1.87. The Morgan fingerprint density at radius 2 is 1.67 bits per heavy atom. The summed E-state index contributed by atoms with van der Waals surface area (Å²) in [5.41, 5.74) is 2.13. The van der Waals surface area contributed by atoms with E-state index < -0.39 is 11.7 Å². The molecule has 0 bridgehead atoms. The first-order valence-electron chi connectivity index (χ1n) is 7.03. The standard InChI is InChI=1S/C16H13FN4O2S/c1-8(22)18-10-2-4-11(5-3-10)19-15(23)12-6-9(17)7-13-14(12)21-16(24)20-13/h2-7H,1H3,(H,18,22)(H,19,23)(H2,20,21,24). The molecule has 3 aromatic rings. The molecule has 3 rings (SSSR count). The Morgan fingerprint density at radius 1 is 1.04 bits per heavy atom. The predicted octanol–water partition coefficient (Wildman–Crippen LogP) is 3.58. The molecule has 0 aliphatic heterocycles. The molecule has 0 radical (unpaired) electrons. The molecule has 2 aromatic carbocycles. The minimum atomic E-state index is -0.543. The SMILES string of the molecule is CC(=O)Nc1ccc(NC(=O)c2cc(F)cc3[nH]c(=S)[nH]c23)cc1.